The van der Waals surface area contributed by atoms with Crippen molar-refractivity contribution in [1.82, 2.24) is 15.5 Å². The molecule has 1 saturated heterocycles. The molecule has 232 valence electrons. The Bertz CT molecular complexity index is 1380. The lowest BCUT2D eigenvalue weighted by atomic mass is 9.99. The first-order valence-electron chi connectivity index (χ1n) is 14.5. The number of carbonyl (C=O) groups is 4. The topological polar surface area (TPSA) is 117 Å². The Morgan fingerprint density at radius 3 is 2.28 bits per heavy atom. The van der Waals surface area contributed by atoms with E-state index in [9.17, 15) is 19.2 Å². The van der Waals surface area contributed by atoms with Crippen LogP contribution in [0.3, 0.4) is 0 Å². The van der Waals surface area contributed by atoms with Crippen molar-refractivity contribution in [3.63, 3.8) is 0 Å². The Morgan fingerprint density at radius 2 is 1.58 bits per heavy atom. The Labute approximate surface area is 258 Å². The van der Waals surface area contributed by atoms with Crippen molar-refractivity contribution in [2.45, 2.75) is 90.6 Å². The Balaban J connectivity index is 1.43. The number of ether oxygens (including phenoxy) is 2. The molecule has 2 aromatic rings. The van der Waals surface area contributed by atoms with E-state index in [0.29, 0.717) is 30.1 Å². The maximum atomic E-state index is 13.9. The van der Waals surface area contributed by atoms with Crippen molar-refractivity contribution in [3.05, 3.63) is 64.2 Å². The molecule has 2 heterocycles. The number of halogens is 1. The number of rotatable bonds is 6. The number of likely N-dealkylation sites (tertiary alicyclic amines) is 1. The van der Waals surface area contributed by atoms with E-state index in [0.717, 1.165) is 16.7 Å². The van der Waals surface area contributed by atoms with Gasteiger partial charge in [0, 0.05) is 31.2 Å². The number of amides is 4. The highest BCUT2D eigenvalue weighted by Crippen LogP contribution is 2.39. The number of nitrogens with one attached hydrogen (secondary N) is 2. The van der Waals surface area contributed by atoms with E-state index in [-0.39, 0.29) is 31.4 Å². The highest BCUT2D eigenvalue weighted by molar-refractivity contribution is 6.30. The highest BCUT2D eigenvalue weighted by Gasteiger charge is 2.43. The molecule has 43 heavy (non-hydrogen) atoms. The minimum atomic E-state index is -0.680. The van der Waals surface area contributed by atoms with Gasteiger partial charge in [-0.15, -0.1) is 0 Å². The predicted octanol–water partition coefficient (Wildman–Crippen LogP) is 5.51. The van der Waals surface area contributed by atoms with Gasteiger partial charge in [0.1, 0.15) is 17.2 Å². The summed E-state index contributed by atoms with van der Waals surface area (Å²) in [5, 5.41) is 6.20. The number of anilines is 1. The fourth-order valence-electron chi connectivity index (χ4n) is 5.32. The first kappa shape index (κ1) is 32.1. The molecule has 2 N–H and O–H groups in total. The minimum absolute atomic E-state index is 0.147. The standard InChI is InChI=1S/C32H41ClN4O6/c1-31(2,3)42-29(40)35-17-20-13-14-22(33)16-21(20)18-34-27(38)26-12-9-15-36(26)28(39)24-19-37(30(41)43-32(4,5)6)25-11-8-7-10-23(24)25/h7-8,10-11,13-14,16,24,26H,9,12,15,17-19H2,1-6H3,(H,34,38)(H,35,40)/t24?,26-/m0/s1. The van der Waals surface area contributed by atoms with E-state index < -0.39 is 35.3 Å². The van der Waals surface area contributed by atoms with E-state index in [1.807, 2.05) is 18.2 Å². The van der Waals surface area contributed by atoms with Crippen molar-refractivity contribution < 1.29 is 28.7 Å². The molecule has 2 aliphatic heterocycles. The van der Waals surface area contributed by atoms with Gasteiger partial charge in [0.25, 0.3) is 0 Å². The zero-order valence-corrected chi connectivity index (χ0v) is 26.4. The van der Waals surface area contributed by atoms with Crippen molar-refractivity contribution >= 4 is 41.3 Å². The van der Waals surface area contributed by atoms with Crippen molar-refractivity contribution in [3.8, 4) is 0 Å². The van der Waals surface area contributed by atoms with Crippen molar-refractivity contribution in [2.24, 2.45) is 0 Å². The molecule has 0 aliphatic carbocycles. The van der Waals surface area contributed by atoms with Gasteiger partial charge in [-0.3, -0.25) is 14.5 Å². The number of hydrogen-bond donors (Lipinski definition) is 2. The quantitative estimate of drug-likeness (QED) is 0.444. The second kappa shape index (κ2) is 12.8. The van der Waals surface area contributed by atoms with Crippen LogP contribution in [-0.4, -0.2) is 59.2 Å². The van der Waals surface area contributed by atoms with Crippen LogP contribution in [0.25, 0.3) is 0 Å². The predicted molar refractivity (Wildman–Crippen MR) is 164 cm³/mol. The summed E-state index contributed by atoms with van der Waals surface area (Å²) in [6.07, 6.45) is 0.168. The number of carbonyl (C=O) groups excluding carboxylic acids is 4. The molecule has 1 unspecified atom stereocenters. The first-order chi connectivity index (χ1) is 20.1. The molecular formula is C32H41ClN4O6. The zero-order valence-electron chi connectivity index (χ0n) is 25.7. The van der Waals surface area contributed by atoms with Crippen LogP contribution in [0.1, 0.15) is 77.0 Å². The summed E-state index contributed by atoms with van der Waals surface area (Å²) in [7, 11) is 0. The summed E-state index contributed by atoms with van der Waals surface area (Å²) in [4.78, 5) is 55.6. The number of alkyl carbamates (subject to hydrolysis) is 1. The van der Waals surface area contributed by atoms with Gasteiger partial charge < -0.3 is 25.0 Å². The Kier molecular flexibility index (Phi) is 9.59. The number of nitrogens with zero attached hydrogens (tertiary/aromatic N) is 2. The number of para-hydroxylation sites is 1. The molecule has 4 amide bonds. The molecule has 11 heteroatoms. The summed E-state index contributed by atoms with van der Waals surface area (Å²) in [6, 6.07) is 11.9. The summed E-state index contributed by atoms with van der Waals surface area (Å²) in [6.45, 7) is 11.7. The molecule has 10 nitrogen and oxygen atoms in total. The fraction of sp³-hybridized carbons (Fsp3) is 0.500. The van der Waals surface area contributed by atoms with E-state index in [4.69, 9.17) is 21.1 Å². The summed E-state index contributed by atoms with van der Waals surface area (Å²) >= 11 is 6.24. The molecule has 0 bridgehead atoms. The van der Waals surface area contributed by atoms with Crippen LogP contribution in [0.15, 0.2) is 42.5 Å². The lowest BCUT2D eigenvalue weighted by Gasteiger charge is -2.28. The van der Waals surface area contributed by atoms with E-state index in [1.165, 1.54) is 4.90 Å². The van der Waals surface area contributed by atoms with E-state index in [2.05, 4.69) is 10.6 Å². The molecule has 0 saturated carbocycles. The summed E-state index contributed by atoms with van der Waals surface area (Å²) in [5.74, 6) is -1.07. The molecule has 0 aromatic heterocycles. The van der Waals surface area contributed by atoms with Gasteiger partial charge >= 0.3 is 12.2 Å². The monoisotopic (exact) mass is 612 g/mol. The van der Waals surface area contributed by atoms with Gasteiger partial charge in [0.2, 0.25) is 11.8 Å². The molecule has 1 fully saturated rings. The second-order valence-electron chi connectivity index (χ2n) is 12.9. The third kappa shape index (κ3) is 8.19. The largest absolute Gasteiger partial charge is 0.444 e. The zero-order chi connectivity index (χ0) is 31.5. The van der Waals surface area contributed by atoms with Gasteiger partial charge in [0.05, 0.1) is 11.6 Å². The van der Waals surface area contributed by atoms with Gasteiger partial charge in [-0.2, -0.15) is 0 Å². The molecule has 0 radical (unpaired) electrons. The maximum absolute atomic E-state index is 13.9. The normalized spacial score (nSPS) is 18.2. The summed E-state index contributed by atoms with van der Waals surface area (Å²) < 4.78 is 10.9. The smallest absolute Gasteiger partial charge is 0.414 e. The third-order valence-electron chi connectivity index (χ3n) is 7.16. The fourth-order valence-corrected chi connectivity index (χ4v) is 5.52. The summed E-state index contributed by atoms with van der Waals surface area (Å²) in [5.41, 5.74) is 1.60. The second-order valence-corrected chi connectivity index (χ2v) is 13.3. The molecule has 2 atom stereocenters. The molecule has 2 aliphatic rings. The highest BCUT2D eigenvalue weighted by atomic mass is 35.5. The maximum Gasteiger partial charge on any atom is 0.414 e. The first-order valence-corrected chi connectivity index (χ1v) is 14.9. The average molecular weight is 613 g/mol. The lowest BCUT2D eigenvalue weighted by Crippen LogP contribution is -2.48. The SMILES string of the molecule is CC(C)(C)OC(=O)NCc1ccc(Cl)cc1CNC(=O)[C@@H]1CCCN1C(=O)C1CN(C(=O)OC(C)(C)C)c2ccccc21. The molecule has 0 spiro atoms. The van der Waals surface area contributed by atoms with Crippen molar-refractivity contribution in [1.29, 1.82) is 0 Å². The third-order valence-corrected chi connectivity index (χ3v) is 7.40. The van der Waals surface area contributed by atoms with Gasteiger partial charge in [-0.1, -0.05) is 35.9 Å². The average Bonchev–Trinajstić information content (AvgIpc) is 3.55. The van der Waals surface area contributed by atoms with Crippen LogP contribution in [0.2, 0.25) is 5.02 Å². The van der Waals surface area contributed by atoms with Crippen LogP contribution in [0, 0.1) is 0 Å². The van der Waals surface area contributed by atoms with Crippen LogP contribution in [0.5, 0.6) is 0 Å². The van der Waals surface area contributed by atoms with Crippen molar-refractivity contribution in [2.75, 3.05) is 18.0 Å². The van der Waals surface area contributed by atoms with Crippen LogP contribution < -0.4 is 15.5 Å². The molecular weight excluding hydrogens is 572 g/mol. The Hall–Kier alpha value is -3.79. The number of hydrogen-bond acceptors (Lipinski definition) is 6. The van der Waals surface area contributed by atoms with Crippen LogP contribution >= 0.6 is 11.6 Å². The number of fused-ring (bicyclic) bond motifs is 1. The number of benzene rings is 2. The van der Waals surface area contributed by atoms with Gasteiger partial charge in [-0.25, -0.2) is 9.59 Å². The lowest BCUT2D eigenvalue weighted by molar-refractivity contribution is -0.139. The van der Waals surface area contributed by atoms with Crippen LogP contribution in [0.4, 0.5) is 15.3 Å². The van der Waals surface area contributed by atoms with Crippen LogP contribution in [-0.2, 0) is 32.2 Å². The van der Waals surface area contributed by atoms with E-state index in [1.54, 1.807) is 70.7 Å². The van der Waals surface area contributed by atoms with Gasteiger partial charge in [0.15, 0.2) is 0 Å². The Morgan fingerprint density at radius 1 is 0.907 bits per heavy atom. The molecule has 4 rings (SSSR count). The van der Waals surface area contributed by atoms with Gasteiger partial charge in [-0.05, 0) is 89.3 Å². The van der Waals surface area contributed by atoms with E-state index >= 15 is 0 Å². The molecule has 2 aromatic carbocycles. The minimum Gasteiger partial charge on any atom is -0.444 e.